The van der Waals surface area contributed by atoms with Crippen LogP contribution in [0.5, 0.6) is 0 Å². The minimum atomic E-state index is -0.859. The number of para-hydroxylation sites is 2. The Balaban J connectivity index is 1.14. The van der Waals surface area contributed by atoms with Gasteiger partial charge < -0.3 is 0 Å². The van der Waals surface area contributed by atoms with E-state index in [2.05, 4.69) is 158 Å². The fraction of sp³-hybridized carbons (Fsp3) is 0.0370. The lowest BCUT2D eigenvalue weighted by Gasteiger charge is -2.37. The van der Waals surface area contributed by atoms with Gasteiger partial charge in [0, 0.05) is 32.3 Å². The summed E-state index contributed by atoms with van der Waals surface area (Å²) < 4.78 is 22.0. The molecule has 15 aromatic rings. The Hall–Kier alpha value is -8.76. The predicted molar refractivity (Wildman–Crippen MR) is 242 cm³/mol. The van der Waals surface area contributed by atoms with Gasteiger partial charge in [0.25, 0.3) is 22.1 Å². The molecular formula is C54H20N10+4. The zero-order valence-electron chi connectivity index (χ0n) is 33.0. The van der Waals surface area contributed by atoms with E-state index in [1.54, 1.807) is 0 Å². The lowest BCUT2D eigenvalue weighted by atomic mass is 9.97. The molecule has 1 unspecified atom stereocenters. The molecule has 10 heteroatoms. The summed E-state index contributed by atoms with van der Waals surface area (Å²) in [5, 5.41) is 10.3. The molecule has 64 heavy (non-hydrogen) atoms. The maximum absolute atomic E-state index is 5.86. The zero-order valence-corrected chi connectivity index (χ0v) is 33.0. The van der Waals surface area contributed by atoms with Gasteiger partial charge in [-0.2, -0.15) is 18.3 Å². The molecule has 2 spiro atoms. The molecule has 8 aliphatic rings. The smallest absolute Gasteiger partial charge is 0.232 e. The van der Waals surface area contributed by atoms with E-state index in [9.17, 15) is 0 Å². The molecule has 7 aromatic heterocycles. The average molecular weight is 809 g/mol. The average Bonchev–Trinajstić information content (AvgIpc) is 4.18. The molecule has 0 saturated carbocycles. The summed E-state index contributed by atoms with van der Waals surface area (Å²) in [4.78, 5) is 11.7. The molecule has 0 saturated heterocycles. The number of fused-ring (bicyclic) bond motifs is 5. The molecule has 8 aliphatic heterocycles. The summed E-state index contributed by atoms with van der Waals surface area (Å²) in [5.41, 5.74) is 28.5. The van der Waals surface area contributed by atoms with E-state index >= 15 is 0 Å². The fourth-order valence-corrected chi connectivity index (χ4v) is 16.0. The SMILES string of the molecule is c1cc2c3c(c1)nc1c4nc5cccc6c5[n+]5c4c4c7c1[n+]3C13n8c-2cc2ccc9ccc%10cc(n1c%10c9c28)-c1ccc2c(c1[n+]73)[n+]4[C@@]51n3c-6cc4ccc5ccc6cc-2n1c6c5c43. The molecule has 0 fully saturated rings. The number of nitrogens with zero attached hydrogens (tertiary/aromatic N) is 10. The first kappa shape index (κ1) is 27.2. The first-order valence-corrected chi connectivity index (χ1v) is 22.4. The van der Waals surface area contributed by atoms with E-state index in [-0.39, 0.29) is 0 Å². The Kier molecular flexibility index (Phi) is 3.10. The van der Waals surface area contributed by atoms with Crippen molar-refractivity contribution in [2.45, 2.75) is 11.8 Å². The van der Waals surface area contributed by atoms with Gasteiger partial charge in [0.15, 0.2) is 11.0 Å². The molecule has 0 N–H and O–H groups in total. The van der Waals surface area contributed by atoms with Gasteiger partial charge in [0.05, 0.1) is 67.1 Å². The molecule has 282 valence electrons. The van der Waals surface area contributed by atoms with Gasteiger partial charge in [-0.3, -0.25) is 0 Å². The summed E-state index contributed by atoms with van der Waals surface area (Å²) in [6.45, 7) is 0. The lowest BCUT2D eigenvalue weighted by Crippen LogP contribution is -2.82. The zero-order chi connectivity index (χ0) is 39.7. The summed E-state index contributed by atoms with van der Waals surface area (Å²) in [6, 6.07) is 47.1. The Morgan fingerprint density at radius 1 is 0.328 bits per heavy atom. The second kappa shape index (κ2) is 7.29. The maximum atomic E-state index is 5.86. The van der Waals surface area contributed by atoms with Gasteiger partial charge >= 0.3 is 33.9 Å². The molecule has 15 heterocycles. The number of aromatic nitrogens is 10. The summed E-state index contributed by atoms with van der Waals surface area (Å²) in [5.74, 6) is -1.72. The largest absolute Gasteiger partial charge is 0.555 e. The second-order valence-electron chi connectivity index (χ2n) is 19.7. The van der Waals surface area contributed by atoms with Gasteiger partial charge in [-0.15, -0.1) is 0 Å². The van der Waals surface area contributed by atoms with Crippen molar-refractivity contribution in [3.05, 3.63) is 121 Å². The molecule has 0 bridgehead atoms. The number of benzene rings is 8. The van der Waals surface area contributed by atoms with E-state index in [4.69, 9.17) is 9.97 Å². The number of hydrogen-bond acceptors (Lipinski definition) is 2. The fourth-order valence-electron chi connectivity index (χ4n) is 16.0. The predicted octanol–water partition coefficient (Wildman–Crippen LogP) is 8.27. The second-order valence-corrected chi connectivity index (χ2v) is 19.7. The van der Waals surface area contributed by atoms with Gasteiger partial charge in [0.2, 0.25) is 0 Å². The maximum Gasteiger partial charge on any atom is 0.555 e. The van der Waals surface area contributed by atoms with Gasteiger partial charge in [-0.25, -0.2) is 9.97 Å². The third kappa shape index (κ3) is 1.96. The Morgan fingerprint density at radius 3 is 1.06 bits per heavy atom. The van der Waals surface area contributed by atoms with Crippen LogP contribution in [0.2, 0.25) is 0 Å². The number of hydrogen-bond donors (Lipinski definition) is 0. The third-order valence-corrected chi connectivity index (χ3v) is 17.7. The monoisotopic (exact) mass is 808 g/mol. The number of rotatable bonds is 0. The summed E-state index contributed by atoms with van der Waals surface area (Å²) >= 11 is 0. The molecule has 2 atom stereocenters. The van der Waals surface area contributed by atoms with Crippen molar-refractivity contribution in [2.24, 2.45) is 0 Å². The van der Waals surface area contributed by atoms with Crippen molar-refractivity contribution < 1.29 is 18.3 Å². The van der Waals surface area contributed by atoms with Crippen LogP contribution in [0.15, 0.2) is 121 Å². The van der Waals surface area contributed by atoms with E-state index in [1.165, 1.54) is 143 Å². The highest BCUT2D eigenvalue weighted by atomic mass is 15.6. The quantitative estimate of drug-likeness (QED) is 0.0881. The molecule has 0 aliphatic carbocycles. The van der Waals surface area contributed by atoms with Crippen LogP contribution in [0.25, 0.3) is 176 Å². The summed E-state index contributed by atoms with van der Waals surface area (Å²) in [6.07, 6.45) is 0. The Bertz CT molecular complexity index is 5050. The van der Waals surface area contributed by atoms with Crippen LogP contribution >= 0.6 is 0 Å². The Labute approximate surface area is 354 Å². The molecule has 23 rings (SSSR count). The highest BCUT2D eigenvalue weighted by molar-refractivity contribution is 6.26. The highest BCUT2D eigenvalue weighted by Crippen LogP contribution is 2.59. The van der Waals surface area contributed by atoms with Crippen LogP contribution in [-0.4, -0.2) is 28.2 Å². The van der Waals surface area contributed by atoms with Crippen molar-refractivity contribution in [1.82, 2.24) is 28.2 Å². The minimum Gasteiger partial charge on any atom is -0.232 e. The molecule has 8 aromatic carbocycles. The van der Waals surface area contributed by atoms with Crippen LogP contribution in [0.4, 0.5) is 0 Å². The van der Waals surface area contributed by atoms with Crippen LogP contribution in [-0.2, 0) is 11.8 Å². The Morgan fingerprint density at radius 2 is 0.672 bits per heavy atom. The lowest BCUT2D eigenvalue weighted by molar-refractivity contribution is -0.966. The first-order valence-electron chi connectivity index (χ1n) is 22.4. The van der Waals surface area contributed by atoms with Crippen molar-refractivity contribution in [3.63, 3.8) is 0 Å². The van der Waals surface area contributed by atoms with Crippen LogP contribution in [0.1, 0.15) is 0 Å². The highest BCUT2D eigenvalue weighted by Gasteiger charge is 2.79. The van der Waals surface area contributed by atoms with Crippen molar-refractivity contribution in [3.8, 4) is 45.0 Å². The first-order chi connectivity index (χ1) is 31.8. The van der Waals surface area contributed by atoms with Crippen LogP contribution < -0.4 is 18.3 Å². The summed E-state index contributed by atoms with van der Waals surface area (Å²) in [7, 11) is 0. The van der Waals surface area contributed by atoms with E-state index in [0.29, 0.717) is 0 Å². The normalized spacial score (nSPS) is 20.0. The van der Waals surface area contributed by atoms with Crippen LogP contribution in [0, 0.1) is 0 Å². The van der Waals surface area contributed by atoms with E-state index in [0.717, 1.165) is 33.1 Å². The molecule has 10 nitrogen and oxygen atoms in total. The van der Waals surface area contributed by atoms with E-state index in [1.807, 2.05) is 0 Å². The standard InChI is InChI=1S/C54H20N10/c1-3-27-33-17-23-11-7-21-9-13-25-19-35-29-15-16-30-36-20-26-14-10-22-8-12-24-18-34-28-4-2-6-32-46(28)62-50-40(56-32)39-49-51-52(50)64(54(62)58(34)42(24)38(22)44(26)60(36)54)48(30)47(29)63(51)53(61(49)45(27)31(5-1)55-39)57(33)41(23)37(21)43(25)59(35)53/h1-20H/q+4/t53-,54?/m1/s1. The minimum absolute atomic E-state index is 0.859. The van der Waals surface area contributed by atoms with Gasteiger partial charge in [-0.1, -0.05) is 78.9 Å². The molecular weight excluding hydrogens is 789 g/mol. The van der Waals surface area contributed by atoms with Crippen molar-refractivity contribution in [1.29, 1.82) is 0 Å². The topological polar surface area (TPSA) is 61.0 Å². The molecule has 0 radical (unpaired) electrons. The molecule has 0 amide bonds. The van der Waals surface area contributed by atoms with Gasteiger partial charge in [-0.05, 0) is 71.4 Å². The third-order valence-electron chi connectivity index (χ3n) is 17.7. The van der Waals surface area contributed by atoms with Crippen LogP contribution in [0.3, 0.4) is 0 Å². The van der Waals surface area contributed by atoms with Gasteiger partial charge in [0.1, 0.15) is 11.0 Å². The van der Waals surface area contributed by atoms with Crippen molar-refractivity contribution >= 4 is 131 Å². The van der Waals surface area contributed by atoms with E-state index < -0.39 is 11.8 Å². The van der Waals surface area contributed by atoms with Crippen molar-refractivity contribution in [2.75, 3.05) is 0 Å².